The number of rotatable bonds is 5. The van der Waals surface area contributed by atoms with E-state index in [2.05, 4.69) is 9.97 Å². The molecule has 0 aliphatic rings. The number of aromatic nitrogens is 2. The molecule has 3 aromatic rings. The van der Waals surface area contributed by atoms with Gasteiger partial charge in [-0.25, -0.2) is 14.6 Å². The molecule has 0 bridgehead atoms. The van der Waals surface area contributed by atoms with E-state index >= 15 is 0 Å². The molecule has 3 rings (SSSR count). The monoisotopic (exact) mass is 366 g/mol. The van der Waals surface area contributed by atoms with E-state index in [9.17, 15) is 14.4 Å². The molecule has 2 heterocycles. The Bertz CT molecular complexity index is 1050. The summed E-state index contributed by atoms with van der Waals surface area (Å²) in [7, 11) is 1.29. The summed E-state index contributed by atoms with van der Waals surface area (Å²) in [5.41, 5.74) is 2.52. The number of hydrogen-bond donors (Lipinski definition) is 1. The normalized spacial score (nSPS) is 10.6. The second-order valence-electron chi connectivity index (χ2n) is 6.00. The number of nitrogens with one attached hydrogen (secondary N) is 1. The minimum atomic E-state index is -0.647. The van der Waals surface area contributed by atoms with Crippen molar-refractivity contribution in [2.45, 2.75) is 20.5 Å². The van der Waals surface area contributed by atoms with Gasteiger partial charge in [0.25, 0.3) is 0 Å². The van der Waals surface area contributed by atoms with E-state index in [1.807, 2.05) is 24.3 Å². The van der Waals surface area contributed by atoms with Crippen molar-refractivity contribution in [3.63, 3.8) is 0 Å². The summed E-state index contributed by atoms with van der Waals surface area (Å²) in [5, 5.41) is 0.823. The average molecular weight is 366 g/mol. The van der Waals surface area contributed by atoms with E-state index in [1.165, 1.54) is 26.3 Å². The third-order valence-corrected chi connectivity index (χ3v) is 4.27. The summed E-state index contributed by atoms with van der Waals surface area (Å²) in [6.45, 7) is 3.00. The minimum absolute atomic E-state index is 0.150. The predicted molar refractivity (Wildman–Crippen MR) is 97.7 cm³/mol. The second-order valence-corrected chi connectivity index (χ2v) is 6.00. The van der Waals surface area contributed by atoms with Crippen molar-refractivity contribution in [1.29, 1.82) is 0 Å². The first-order valence-electron chi connectivity index (χ1n) is 8.25. The molecular formula is C20H18N2O5. The van der Waals surface area contributed by atoms with Gasteiger partial charge in [0.1, 0.15) is 12.3 Å². The largest absolute Gasteiger partial charge is 0.465 e. The first-order chi connectivity index (χ1) is 12.9. The van der Waals surface area contributed by atoms with Crippen LogP contribution < -0.4 is 0 Å². The summed E-state index contributed by atoms with van der Waals surface area (Å²) in [5.74, 6) is -1.36. The Hall–Kier alpha value is -3.48. The molecule has 7 nitrogen and oxygen atoms in total. The van der Waals surface area contributed by atoms with Gasteiger partial charge in [0.05, 0.1) is 23.9 Å². The molecule has 0 fully saturated rings. The van der Waals surface area contributed by atoms with Crippen LogP contribution in [0.15, 0.2) is 36.5 Å². The number of methoxy groups -OCH3 is 1. The number of esters is 2. The summed E-state index contributed by atoms with van der Waals surface area (Å²) < 4.78 is 10.2. The predicted octanol–water partition coefficient (Wildman–Crippen LogP) is 3.22. The van der Waals surface area contributed by atoms with Gasteiger partial charge >= 0.3 is 11.9 Å². The molecule has 0 atom stereocenters. The molecule has 0 aliphatic carbocycles. The third kappa shape index (κ3) is 3.57. The van der Waals surface area contributed by atoms with Crippen LogP contribution in [-0.2, 0) is 16.1 Å². The molecule has 0 aliphatic heterocycles. The van der Waals surface area contributed by atoms with E-state index in [1.54, 1.807) is 6.92 Å². The first kappa shape index (κ1) is 18.3. The molecule has 0 saturated carbocycles. The number of aromatic amines is 1. The van der Waals surface area contributed by atoms with Gasteiger partial charge in [-0.2, -0.15) is 0 Å². The number of H-pyrrole nitrogens is 1. The van der Waals surface area contributed by atoms with Crippen LogP contribution in [0, 0.1) is 6.92 Å². The summed E-state index contributed by atoms with van der Waals surface area (Å²) in [6.07, 6.45) is 1.44. The highest BCUT2D eigenvalue weighted by Gasteiger charge is 2.21. The van der Waals surface area contributed by atoms with E-state index in [-0.39, 0.29) is 23.6 Å². The fourth-order valence-electron chi connectivity index (χ4n) is 2.85. The van der Waals surface area contributed by atoms with Gasteiger partial charge in [0.15, 0.2) is 5.78 Å². The Morgan fingerprint density at radius 2 is 1.89 bits per heavy atom. The highest BCUT2D eigenvalue weighted by atomic mass is 16.5. The van der Waals surface area contributed by atoms with Gasteiger partial charge in [-0.15, -0.1) is 0 Å². The number of carbonyl (C=O) groups is 3. The fraction of sp³-hybridized carbons (Fsp3) is 0.200. The maximum atomic E-state index is 12.2. The lowest BCUT2D eigenvalue weighted by atomic mass is 10.0. The molecular weight excluding hydrogens is 348 g/mol. The second kappa shape index (κ2) is 7.41. The first-order valence-corrected chi connectivity index (χ1v) is 8.25. The highest BCUT2D eigenvalue weighted by Crippen LogP contribution is 2.24. The van der Waals surface area contributed by atoms with Gasteiger partial charge in [0.2, 0.25) is 0 Å². The zero-order chi connectivity index (χ0) is 19.6. The Balaban J connectivity index is 1.92. The van der Waals surface area contributed by atoms with Crippen molar-refractivity contribution in [2.75, 3.05) is 7.11 Å². The van der Waals surface area contributed by atoms with Crippen molar-refractivity contribution >= 4 is 28.6 Å². The number of aryl methyl sites for hydroxylation is 1. The molecule has 0 amide bonds. The van der Waals surface area contributed by atoms with Crippen molar-refractivity contribution in [2.24, 2.45) is 0 Å². The lowest BCUT2D eigenvalue weighted by molar-refractivity contribution is 0.0450. The van der Waals surface area contributed by atoms with Crippen molar-refractivity contribution in [3.05, 3.63) is 64.6 Å². The van der Waals surface area contributed by atoms with Crippen LogP contribution in [0.1, 0.15) is 49.4 Å². The standard InChI is InChI=1S/C20H18N2O5/c1-11-14-6-4-5-7-15(14)22-17(18(11)20(25)26-3)10-27-19(24)16-8-13(9-21-16)12(2)23/h4-9,21H,10H2,1-3H3. The van der Waals surface area contributed by atoms with E-state index in [0.717, 1.165) is 5.39 Å². The van der Waals surface area contributed by atoms with Crippen LogP contribution >= 0.6 is 0 Å². The van der Waals surface area contributed by atoms with Crippen LogP contribution in [0.3, 0.4) is 0 Å². The molecule has 138 valence electrons. The maximum absolute atomic E-state index is 12.2. The Morgan fingerprint density at radius 3 is 2.56 bits per heavy atom. The lowest BCUT2D eigenvalue weighted by Crippen LogP contribution is -2.14. The summed E-state index contributed by atoms with van der Waals surface area (Å²) in [6, 6.07) is 8.80. The minimum Gasteiger partial charge on any atom is -0.465 e. The average Bonchev–Trinajstić information content (AvgIpc) is 3.16. The van der Waals surface area contributed by atoms with E-state index < -0.39 is 11.9 Å². The number of pyridine rings is 1. The summed E-state index contributed by atoms with van der Waals surface area (Å²) >= 11 is 0. The smallest absolute Gasteiger partial charge is 0.355 e. The van der Waals surface area contributed by atoms with Crippen LogP contribution in [0.2, 0.25) is 0 Å². The van der Waals surface area contributed by atoms with E-state index in [4.69, 9.17) is 9.47 Å². The number of nitrogens with zero attached hydrogens (tertiary/aromatic N) is 1. The van der Waals surface area contributed by atoms with Gasteiger partial charge in [0, 0.05) is 17.1 Å². The fourth-order valence-corrected chi connectivity index (χ4v) is 2.85. The topological polar surface area (TPSA) is 98.4 Å². The molecule has 0 saturated heterocycles. The highest BCUT2D eigenvalue weighted by molar-refractivity contribution is 5.99. The third-order valence-electron chi connectivity index (χ3n) is 4.27. The molecule has 0 unspecified atom stereocenters. The number of benzene rings is 1. The Kier molecular flexibility index (Phi) is 5.03. The van der Waals surface area contributed by atoms with Crippen LogP contribution in [0.5, 0.6) is 0 Å². The SMILES string of the molecule is COC(=O)c1c(COC(=O)c2cc(C(C)=O)c[nH]2)nc2ccccc2c1C. The number of ketones is 1. The lowest BCUT2D eigenvalue weighted by Gasteiger charge is -2.13. The molecule has 1 N–H and O–H groups in total. The van der Waals surface area contributed by atoms with Crippen LogP contribution in [0.4, 0.5) is 0 Å². The van der Waals surface area contributed by atoms with Gasteiger partial charge in [-0.1, -0.05) is 18.2 Å². The number of para-hydroxylation sites is 1. The van der Waals surface area contributed by atoms with Crippen molar-refractivity contribution in [1.82, 2.24) is 9.97 Å². The quantitative estimate of drug-likeness (QED) is 0.550. The van der Waals surface area contributed by atoms with Crippen LogP contribution in [-0.4, -0.2) is 34.8 Å². The molecule has 7 heteroatoms. The van der Waals surface area contributed by atoms with Crippen molar-refractivity contribution in [3.8, 4) is 0 Å². The molecule has 0 radical (unpaired) electrons. The number of fused-ring (bicyclic) bond motifs is 1. The number of hydrogen-bond acceptors (Lipinski definition) is 6. The van der Waals surface area contributed by atoms with Gasteiger partial charge < -0.3 is 14.5 Å². The molecule has 27 heavy (non-hydrogen) atoms. The Labute approximate surface area is 155 Å². The zero-order valence-electron chi connectivity index (χ0n) is 15.2. The van der Waals surface area contributed by atoms with Crippen LogP contribution in [0.25, 0.3) is 10.9 Å². The molecule has 2 aromatic heterocycles. The summed E-state index contributed by atoms with van der Waals surface area (Å²) in [4.78, 5) is 43.0. The number of ether oxygens (including phenoxy) is 2. The zero-order valence-corrected chi connectivity index (χ0v) is 15.2. The van der Waals surface area contributed by atoms with E-state index in [0.29, 0.717) is 22.3 Å². The number of Topliss-reactive ketones (excluding diaryl/α,β-unsaturated/α-hetero) is 1. The number of carbonyl (C=O) groups excluding carboxylic acids is 3. The molecule has 0 spiro atoms. The molecule has 1 aromatic carbocycles. The van der Waals surface area contributed by atoms with Crippen molar-refractivity contribution < 1.29 is 23.9 Å². The van der Waals surface area contributed by atoms with Gasteiger partial charge in [-0.3, -0.25) is 4.79 Å². The maximum Gasteiger partial charge on any atom is 0.355 e. The van der Waals surface area contributed by atoms with Gasteiger partial charge in [-0.05, 0) is 31.5 Å². The Morgan fingerprint density at radius 1 is 1.15 bits per heavy atom.